The Kier molecular flexibility index (Phi) is 5.01. The first-order valence-corrected chi connectivity index (χ1v) is 7.51. The number of anilines is 2. The van der Waals surface area contributed by atoms with Crippen LogP contribution in [-0.2, 0) is 4.79 Å². The molecule has 0 radical (unpaired) electrons. The Hall–Kier alpha value is -1.55. The normalized spacial score (nSPS) is 22.4. The van der Waals surface area contributed by atoms with Crippen molar-refractivity contribution in [1.82, 2.24) is 0 Å². The fraction of sp³-hybridized carbons (Fsp3) is 0.562. The van der Waals surface area contributed by atoms with Gasteiger partial charge in [-0.3, -0.25) is 4.79 Å². The number of benzene rings is 1. The molecule has 2 atom stereocenters. The molecule has 110 valence electrons. The summed E-state index contributed by atoms with van der Waals surface area (Å²) in [6.07, 6.45) is 4.99. The van der Waals surface area contributed by atoms with Crippen molar-refractivity contribution < 1.29 is 4.79 Å². The van der Waals surface area contributed by atoms with E-state index in [2.05, 4.69) is 16.7 Å². The van der Waals surface area contributed by atoms with Crippen molar-refractivity contribution in [3.05, 3.63) is 23.8 Å². The lowest BCUT2D eigenvalue weighted by Crippen LogP contribution is -2.35. The molecule has 2 rings (SSSR count). The van der Waals surface area contributed by atoms with E-state index in [0.717, 1.165) is 29.8 Å². The number of hydrogen-bond donors (Lipinski definition) is 3. The van der Waals surface area contributed by atoms with Crippen LogP contribution in [0.4, 0.5) is 11.4 Å². The zero-order chi connectivity index (χ0) is 14.5. The summed E-state index contributed by atoms with van der Waals surface area (Å²) in [5.41, 5.74) is 9.11. The highest BCUT2D eigenvalue weighted by Crippen LogP contribution is 2.27. The van der Waals surface area contributed by atoms with Gasteiger partial charge < -0.3 is 16.4 Å². The van der Waals surface area contributed by atoms with Crippen LogP contribution in [-0.4, -0.2) is 18.0 Å². The van der Waals surface area contributed by atoms with Crippen LogP contribution in [0.25, 0.3) is 0 Å². The van der Waals surface area contributed by atoms with Crippen LogP contribution >= 0.6 is 0 Å². The number of carbonyl (C=O) groups is 1. The second-order valence-electron chi connectivity index (χ2n) is 5.65. The van der Waals surface area contributed by atoms with Crippen LogP contribution in [0.3, 0.4) is 0 Å². The van der Waals surface area contributed by atoms with Gasteiger partial charge >= 0.3 is 0 Å². The average molecular weight is 275 g/mol. The van der Waals surface area contributed by atoms with Gasteiger partial charge in [-0.1, -0.05) is 13.0 Å². The second-order valence-corrected chi connectivity index (χ2v) is 5.65. The number of nitrogens with one attached hydrogen (secondary N) is 2. The van der Waals surface area contributed by atoms with Gasteiger partial charge in [-0.25, -0.2) is 0 Å². The summed E-state index contributed by atoms with van der Waals surface area (Å²) in [5.74, 6) is 0.0462. The summed E-state index contributed by atoms with van der Waals surface area (Å²) in [4.78, 5) is 11.5. The van der Waals surface area contributed by atoms with Crippen molar-refractivity contribution in [3.63, 3.8) is 0 Å². The monoisotopic (exact) mass is 275 g/mol. The van der Waals surface area contributed by atoms with Gasteiger partial charge in [0.25, 0.3) is 0 Å². The molecule has 0 spiro atoms. The lowest BCUT2D eigenvalue weighted by molar-refractivity contribution is -0.115. The number of nitrogens with two attached hydrogens (primary N) is 1. The average Bonchev–Trinajstić information content (AvgIpc) is 2.43. The van der Waals surface area contributed by atoms with Gasteiger partial charge in [0.2, 0.25) is 5.91 Å². The number of rotatable bonds is 4. The van der Waals surface area contributed by atoms with Crippen LogP contribution < -0.4 is 16.4 Å². The Balaban J connectivity index is 2.08. The largest absolute Gasteiger partial charge is 0.382 e. The maximum atomic E-state index is 11.5. The molecule has 1 amide bonds. The third kappa shape index (κ3) is 3.73. The highest BCUT2D eigenvalue weighted by molar-refractivity contribution is 5.92. The maximum Gasteiger partial charge on any atom is 0.224 e. The molecule has 1 aliphatic carbocycles. The molecule has 20 heavy (non-hydrogen) atoms. The molecule has 4 heteroatoms. The van der Waals surface area contributed by atoms with Crippen molar-refractivity contribution in [2.45, 2.75) is 58.0 Å². The topological polar surface area (TPSA) is 67.2 Å². The molecule has 4 nitrogen and oxygen atoms in total. The minimum atomic E-state index is 0.0462. The second kappa shape index (κ2) is 6.75. The minimum Gasteiger partial charge on any atom is -0.382 e. The highest BCUT2D eigenvalue weighted by atomic mass is 16.1. The van der Waals surface area contributed by atoms with E-state index in [4.69, 9.17) is 5.73 Å². The number of amides is 1. The number of hydrogen-bond acceptors (Lipinski definition) is 3. The van der Waals surface area contributed by atoms with E-state index in [0.29, 0.717) is 18.5 Å². The summed E-state index contributed by atoms with van der Waals surface area (Å²) in [6.45, 7) is 3.90. The van der Waals surface area contributed by atoms with Gasteiger partial charge in [-0.2, -0.15) is 0 Å². The van der Waals surface area contributed by atoms with Crippen molar-refractivity contribution in [2.24, 2.45) is 5.73 Å². The predicted molar refractivity (Wildman–Crippen MR) is 84.0 cm³/mol. The quantitative estimate of drug-likeness (QED) is 0.791. The maximum absolute atomic E-state index is 11.5. The molecule has 0 saturated heterocycles. The third-order valence-corrected chi connectivity index (χ3v) is 4.00. The van der Waals surface area contributed by atoms with Gasteiger partial charge in [0.15, 0.2) is 0 Å². The summed E-state index contributed by atoms with van der Waals surface area (Å²) < 4.78 is 0. The first kappa shape index (κ1) is 14.9. The summed E-state index contributed by atoms with van der Waals surface area (Å²) in [5, 5.41) is 6.52. The molecule has 4 N–H and O–H groups in total. The Labute approximate surface area is 121 Å². The fourth-order valence-electron chi connectivity index (χ4n) is 2.74. The molecule has 1 saturated carbocycles. The van der Waals surface area contributed by atoms with Crippen molar-refractivity contribution in [1.29, 1.82) is 0 Å². The highest BCUT2D eigenvalue weighted by Gasteiger charge is 2.19. The molecule has 1 aromatic carbocycles. The lowest BCUT2D eigenvalue weighted by atomic mass is 9.91. The van der Waals surface area contributed by atoms with Crippen LogP contribution in [0.5, 0.6) is 0 Å². The zero-order valence-corrected chi connectivity index (χ0v) is 12.4. The third-order valence-electron chi connectivity index (χ3n) is 4.00. The Morgan fingerprint density at radius 1 is 1.35 bits per heavy atom. The Morgan fingerprint density at radius 3 is 2.80 bits per heavy atom. The van der Waals surface area contributed by atoms with E-state index >= 15 is 0 Å². The molecule has 1 fully saturated rings. The van der Waals surface area contributed by atoms with E-state index in [1.165, 1.54) is 12.8 Å². The number of carbonyl (C=O) groups excluding carboxylic acids is 1. The molecule has 0 bridgehead atoms. The first-order chi connectivity index (χ1) is 9.60. The first-order valence-electron chi connectivity index (χ1n) is 7.51. The molecular weight excluding hydrogens is 250 g/mol. The zero-order valence-electron chi connectivity index (χ0n) is 12.4. The molecule has 0 heterocycles. The lowest BCUT2D eigenvalue weighted by Gasteiger charge is -2.29. The minimum absolute atomic E-state index is 0.0462. The van der Waals surface area contributed by atoms with Crippen molar-refractivity contribution >= 4 is 17.3 Å². The van der Waals surface area contributed by atoms with E-state index in [1.807, 2.05) is 26.0 Å². The molecular formula is C16H25N3O. The molecule has 0 aromatic heterocycles. The molecule has 2 unspecified atom stereocenters. The fourth-order valence-corrected chi connectivity index (χ4v) is 2.74. The van der Waals surface area contributed by atoms with E-state index in [9.17, 15) is 4.79 Å². The van der Waals surface area contributed by atoms with Crippen molar-refractivity contribution in [3.8, 4) is 0 Å². The van der Waals surface area contributed by atoms with Gasteiger partial charge in [-0.15, -0.1) is 0 Å². The smallest absolute Gasteiger partial charge is 0.224 e. The van der Waals surface area contributed by atoms with Crippen molar-refractivity contribution in [2.75, 3.05) is 10.6 Å². The molecule has 1 aliphatic rings. The van der Waals surface area contributed by atoms with Gasteiger partial charge in [0.1, 0.15) is 0 Å². The van der Waals surface area contributed by atoms with E-state index < -0.39 is 0 Å². The van der Waals surface area contributed by atoms with Gasteiger partial charge in [0.05, 0.1) is 0 Å². The molecule has 1 aromatic rings. The Bertz CT molecular complexity index is 473. The van der Waals surface area contributed by atoms with E-state index in [-0.39, 0.29) is 5.91 Å². The SMILES string of the molecule is CCC(=O)Nc1cccc(NC2CCCC(N)C2)c1C. The van der Waals surface area contributed by atoms with Crippen LogP contribution in [0.15, 0.2) is 18.2 Å². The van der Waals surface area contributed by atoms with Gasteiger partial charge in [-0.05, 0) is 50.3 Å². The summed E-state index contributed by atoms with van der Waals surface area (Å²) >= 11 is 0. The van der Waals surface area contributed by atoms with Gasteiger partial charge in [0, 0.05) is 29.9 Å². The molecule has 0 aliphatic heterocycles. The standard InChI is InChI=1S/C16H25N3O/c1-3-16(20)19-15-9-5-8-14(11(15)2)18-13-7-4-6-12(17)10-13/h5,8-9,12-13,18H,3-4,6-7,10,17H2,1-2H3,(H,19,20). The van der Waals surface area contributed by atoms with Crippen LogP contribution in [0, 0.1) is 6.92 Å². The Morgan fingerprint density at radius 2 is 2.10 bits per heavy atom. The van der Waals surface area contributed by atoms with Crippen LogP contribution in [0.1, 0.15) is 44.6 Å². The predicted octanol–water partition coefficient (Wildman–Crippen LogP) is 3.03. The van der Waals surface area contributed by atoms with Crippen LogP contribution in [0.2, 0.25) is 0 Å². The summed E-state index contributed by atoms with van der Waals surface area (Å²) in [7, 11) is 0. The summed E-state index contributed by atoms with van der Waals surface area (Å²) in [6, 6.07) is 6.74. The van der Waals surface area contributed by atoms with E-state index in [1.54, 1.807) is 0 Å².